The first-order valence-electron chi connectivity index (χ1n) is 7.14. The summed E-state index contributed by atoms with van der Waals surface area (Å²) >= 11 is 1.24. The first kappa shape index (κ1) is 17.6. The Balaban J connectivity index is 1.97. The number of amides is 2. The third-order valence-electron chi connectivity index (χ3n) is 3.02. The van der Waals surface area contributed by atoms with Crippen molar-refractivity contribution in [2.24, 2.45) is 5.92 Å². The van der Waals surface area contributed by atoms with Gasteiger partial charge in [0.15, 0.2) is 5.13 Å². The maximum Gasteiger partial charge on any atom is 0.230 e. The average molecular weight is 346 g/mol. The Morgan fingerprint density at radius 2 is 2.12 bits per heavy atom. The lowest BCUT2D eigenvalue weighted by atomic mass is 10.2. The first-order valence-corrected chi connectivity index (χ1v) is 8.01. The highest BCUT2D eigenvalue weighted by atomic mass is 32.1. The summed E-state index contributed by atoms with van der Waals surface area (Å²) in [5.74, 6) is -1.29. The van der Waals surface area contributed by atoms with E-state index in [2.05, 4.69) is 15.6 Å². The molecule has 1 heterocycles. The Morgan fingerprint density at radius 3 is 2.79 bits per heavy atom. The van der Waals surface area contributed by atoms with Crippen LogP contribution in [0.4, 0.5) is 15.2 Å². The van der Waals surface area contributed by atoms with Gasteiger partial charge in [-0.05, 0) is 18.2 Å². The number of anilines is 2. The molecule has 2 rings (SSSR count). The van der Waals surface area contributed by atoms with E-state index in [1.807, 2.05) is 0 Å². The van der Waals surface area contributed by atoms with E-state index in [9.17, 15) is 14.0 Å². The molecular weight excluding hydrogens is 331 g/mol. The molecule has 0 spiro atoms. The summed E-state index contributed by atoms with van der Waals surface area (Å²) in [5.41, 5.74) is 0.709. The lowest BCUT2D eigenvalue weighted by molar-refractivity contribution is -0.119. The topological polar surface area (TPSA) is 94.9 Å². The van der Waals surface area contributed by atoms with Crippen LogP contribution in [-0.4, -0.2) is 16.8 Å². The summed E-state index contributed by atoms with van der Waals surface area (Å²) in [4.78, 5) is 27.8. The number of carbonyl (C=O) groups is 2. The van der Waals surface area contributed by atoms with Crippen molar-refractivity contribution in [1.29, 1.82) is 5.26 Å². The lowest BCUT2D eigenvalue weighted by Crippen LogP contribution is -2.18. The van der Waals surface area contributed by atoms with E-state index < -0.39 is 5.82 Å². The van der Waals surface area contributed by atoms with Crippen LogP contribution in [0.3, 0.4) is 0 Å². The molecule has 0 saturated heterocycles. The zero-order valence-electron chi connectivity index (χ0n) is 13.1. The van der Waals surface area contributed by atoms with E-state index in [1.54, 1.807) is 25.3 Å². The minimum absolute atomic E-state index is 0.00725. The van der Waals surface area contributed by atoms with Crippen molar-refractivity contribution in [3.05, 3.63) is 40.7 Å². The molecule has 8 heteroatoms. The van der Waals surface area contributed by atoms with E-state index in [0.717, 1.165) is 6.07 Å². The number of hydrogen-bond acceptors (Lipinski definition) is 5. The van der Waals surface area contributed by atoms with E-state index in [1.165, 1.54) is 23.5 Å². The van der Waals surface area contributed by atoms with Gasteiger partial charge in [-0.25, -0.2) is 9.37 Å². The van der Waals surface area contributed by atoms with Crippen molar-refractivity contribution >= 4 is 34.0 Å². The predicted octanol–water partition coefficient (Wildman–Crippen LogP) is 2.93. The fourth-order valence-electron chi connectivity index (χ4n) is 1.75. The SMILES string of the molecule is CC(C)C(=O)Nc1nc(CC(=O)Nc2ccc(F)c(C#N)c2)cs1. The Hall–Kier alpha value is -2.79. The number of nitriles is 1. The molecule has 0 saturated carbocycles. The largest absolute Gasteiger partial charge is 0.326 e. The fourth-order valence-corrected chi connectivity index (χ4v) is 2.47. The molecule has 0 aliphatic rings. The number of hydrogen-bond donors (Lipinski definition) is 2. The summed E-state index contributed by atoms with van der Waals surface area (Å²) in [6.45, 7) is 3.55. The van der Waals surface area contributed by atoms with Gasteiger partial charge in [0, 0.05) is 17.0 Å². The second-order valence-electron chi connectivity index (χ2n) is 5.32. The van der Waals surface area contributed by atoms with Gasteiger partial charge in [-0.2, -0.15) is 5.26 Å². The van der Waals surface area contributed by atoms with Crippen LogP contribution in [0.15, 0.2) is 23.6 Å². The maximum atomic E-state index is 13.2. The summed E-state index contributed by atoms with van der Waals surface area (Å²) in [6.07, 6.45) is 0.00725. The summed E-state index contributed by atoms with van der Waals surface area (Å²) in [5, 5.41) is 16.1. The summed E-state index contributed by atoms with van der Waals surface area (Å²) in [6, 6.07) is 5.48. The molecule has 2 amide bonds. The third kappa shape index (κ3) is 4.60. The van der Waals surface area contributed by atoms with Gasteiger partial charge in [-0.1, -0.05) is 13.8 Å². The van der Waals surface area contributed by atoms with Crippen molar-refractivity contribution in [2.75, 3.05) is 10.6 Å². The normalized spacial score (nSPS) is 10.3. The number of nitrogens with one attached hydrogen (secondary N) is 2. The van der Waals surface area contributed by atoms with E-state index in [4.69, 9.17) is 5.26 Å². The highest BCUT2D eigenvalue weighted by Crippen LogP contribution is 2.18. The number of thiazole rings is 1. The molecule has 0 aliphatic heterocycles. The van der Waals surface area contributed by atoms with Crippen LogP contribution in [0.5, 0.6) is 0 Å². The highest BCUT2D eigenvalue weighted by Gasteiger charge is 2.12. The molecule has 6 nitrogen and oxygen atoms in total. The number of nitrogens with zero attached hydrogens (tertiary/aromatic N) is 2. The van der Waals surface area contributed by atoms with E-state index >= 15 is 0 Å². The van der Waals surface area contributed by atoms with Gasteiger partial charge in [-0.3, -0.25) is 9.59 Å². The number of benzene rings is 1. The van der Waals surface area contributed by atoms with Crippen molar-refractivity contribution in [1.82, 2.24) is 4.98 Å². The molecule has 0 fully saturated rings. The fraction of sp³-hybridized carbons (Fsp3) is 0.250. The molecule has 0 unspecified atom stereocenters. The molecule has 2 aromatic rings. The van der Waals surface area contributed by atoms with Crippen LogP contribution >= 0.6 is 11.3 Å². The minimum atomic E-state index is -0.638. The molecule has 1 aromatic carbocycles. The van der Waals surface area contributed by atoms with Gasteiger partial charge < -0.3 is 10.6 Å². The predicted molar refractivity (Wildman–Crippen MR) is 89.0 cm³/mol. The number of aromatic nitrogens is 1. The van der Waals surface area contributed by atoms with Crippen molar-refractivity contribution in [2.45, 2.75) is 20.3 Å². The molecule has 0 atom stereocenters. The highest BCUT2D eigenvalue weighted by molar-refractivity contribution is 7.13. The van der Waals surface area contributed by atoms with Crippen molar-refractivity contribution in [3.8, 4) is 6.07 Å². The number of carbonyl (C=O) groups excluding carboxylic acids is 2. The molecule has 24 heavy (non-hydrogen) atoms. The molecule has 2 N–H and O–H groups in total. The number of rotatable bonds is 5. The maximum absolute atomic E-state index is 13.2. The average Bonchev–Trinajstić information content (AvgIpc) is 2.95. The lowest BCUT2D eigenvalue weighted by Gasteiger charge is -2.05. The Kier molecular flexibility index (Phi) is 5.60. The second kappa shape index (κ2) is 7.66. The smallest absolute Gasteiger partial charge is 0.230 e. The summed E-state index contributed by atoms with van der Waals surface area (Å²) in [7, 11) is 0. The van der Waals surface area contributed by atoms with E-state index in [0.29, 0.717) is 16.5 Å². The zero-order valence-corrected chi connectivity index (χ0v) is 13.9. The number of halogens is 1. The van der Waals surface area contributed by atoms with Crippen LogP contribution in [0.1, 0.15) is 25.1 Å². The molecule has 0 aliphatic carbocycles. The molecule has 0 radical (unpaired) electrons. The van der Waals surface area contributed by atoms with Crippen LogP contribution in [0, 0.1) is 23.1 Å². The molecular formula is C16H15FN4O2S. The van der Waals surface area contributed by atoms with Crippen LogP contribution < -0.4 is 10.6 Å². The minimum Gasteiger partial charge on any atom is -0.326 e. The van der Waals surface area contributed by atoms with Gasteiger partial charge in [-0.15, -0.1) is 11.3 Å². The van der Waals surface area contributed by atoms with Crippen LogP contribution in [0.2, 0.25) is 0 Å². The van der Waals surface area contributed by atoms with Gasteiger partial charge in [0.25, 0.3) is 0 Å². The van der Waals surface area contributed by atoms with Gasteiger partial charge in [0.1, 0.15) is 11.9 Å². The van der Waals surface area contributed by atoms with Gasteiger partial charge in [0.2, 0.25) is 11.8 Å². The first-order chi connectivity index (χ1) is 11.4. The molecule has 124 valence electrons. The quantitative estimate of drug-likeness (QED) is 0.870. The second-order valence-corrected chi connectivity index (χ2v) is 6.18. The molecule has 1 aromatic heterocycles. The standard InChI is InChI=1S/C16H15FN4O2S/c1-9(2)15(23)21-16-20-12(8-24-16)6-14(22)19-11-3-4-13(17)10(5-11)7-18/h3-5,8-9H,6H2,1-2H3,(H,19,22)(H,20,21,23). The Morgan fingerprint density at radius 1 is 1.38 bits per heavy atom. The van der Waals surface area contributed by atoms with Crippen LogP contribution in [0.25, 0.3) is 0 Å². The monoisotopic (exact) mass is 346 g/mol. The van der Waals surface area contributed by atoms with E-state index in [-0.39, 0.29) is 29.7 Å². The Labute approximate surface area is 142 Å². The van der Waals surface area contributed by atoms with Crippen LogP contribution in [-0.2, 0) is 16.0 Å². The zero-order chi connectivity index (χ0) is 17.7. The summed E-state index contributed by atoms with van der Waals surface area (Å²) < 4.78 is 13.2. The van der Waals surface area contributed by atoms with Crippen molar-refractivity contribution < 1.29 is 14.0 Å². The Bertz CT molecular complexity index is 811. The van der Waals surface area contributed by atoms with Gasteiger partial charge in [0.05, 0.1) is 17.7 Å². The van der Waals surface area contributed by atoms with Gasteiger partial charge >= 0.3 is 0 Å². The third-order valence-corrected chi connectivity index (χ3v) is 3.83. The molecule has 0 bridgehead atoms. The van der Waals surface area contributed by atoms with Crippen molar-refractivity contribution in [3.63, 3.8) is 0 Å².